The summed E-state index contributed by atoms with van der Waals surface area (Å²) in [6.07, 6.45) is 3.34. The van der Waals surface area contributed by atoms with Crippen LogP contribution in [0.5, 0.6) is 0 Å². The van der Waals surface area contributed by atoms with Gasteiger partial charge in [0.05, 0.1) is 36.5 Å². The predicted octanol–water partition coefficient (Wildman–Crippen LogP) is 3.08. The van der Waals surface area contributed by atoms with E-state index in [0.29, 0.717) is 23.6 Å². The van der Waals surface area contributed by atoms with Gasteiger partial charge in [0.15, 0.2) is 0 Å². The number of hydrogen-bond acceptors (Lipinski definition) is 4. The monoisotopic (exact) mass is 347 g/mol. The summed E-state index contributed by atoms with van der Waals surface area (Å²) in [5, 5.41) is 2.83. The molecule has 0 fully saturated rings. The number of carbonyl (C=O) groups excluding carboxylic acids is 2. The molecule has 3 aromatic rings. The van der Waals surface area contributed by atoms with Crippen LogP contribution in [-0.2, 0) is 11.3 Å². The van der Waals surface area contributed by atoms with E-state index >= 15 is 0 Å². The lowest BCUT2D eigenvalue weighted by molar-refractivity contribution is -0.121. The fraction of sp³-hybridized carbons (Fsp3) is 0.150. The third-order valence-electron chi connectivity index (χ3n) is 4.37. The van der Waals surface area contributed by atoms with E-state index in [1.165, 1.54) is 0 Å². The fourth-order valence-corrected chi connectivity index (χ4v) is 3.18. The topological polar surface area (TPSA) is 75.4 Å². The van der Waals surface area contributed by atoms with Crippen LogP contribution in [0.3, 0.4) is 0 Å². The Morgan fingerprint density at radius 1 is 1.12 bits per heavy atom. The molecule has 3 heterocycles. The molecule has 2 amide bonds. The second-order valence-corrected chi connectivity index (χ2v) is 6.02. The van der Waals surface area contributed by atoms with Gasteiger partial charge in [0, 0.05) is 11.9 Å². The first-order valence-corrected chi connectivity index (χ1v) is 8.36. The van der Waals surface area contributed by atoms with E-state index < -0.39 is 6.04 Å². The SMILES string of the molecule is O=C(C[C@@H]1c2ncccc2C(=O)N1c1ccccc1)NCc1ccco1. The number of amides is 2. The number of nitrogens with one attached hydrogen (secondary N) is 1. The number of carbonyl (C=O) groups is 2. The van der Waals surface area contributed by atoms with E-state index in [-0.39, 0.29) is 18.2 Å². The number of fused-ring (bicyclic) bond motifs is 1. The maximum absolute atomic E-state index is 12.9. The second kappa shape index (κ2) is 6.84. The van der Waals surface area contributed by atoms with Crippen LogP contribution in [0.15, 0.2) is 71.5 Å². The molecule has 6 heteroatoms. The molecule has 1 aromatic carbocycles. The highest BCUT2D eigenvalue weighted by atomic mass is 16.3. The molecule has 0 saturated heterocycles. The third-order valence-corrected chi connectivity index (χ3v) is 4.37. The summed E-state index contributed by atoms with van der Waals surface area (Å²) in [4.78, 5) is 31.4. The molecule has 1 atom stereocenters. The van der Waals surface area contributed by atoms with Crippen LogP contribution in [0.1, 0.15) is 34.3 Å². The lowest BCUT2D eigenvalue weighted by Gasteiger charge is -2.24. The van der Waals surface area contributed by atoms with E-state index in [4.69, 9.17) is 4.42 Å². The Hall–Kier alpha value is -3.41. The van der Waals surface area contributed by atoms with Crippen molar-refractivity contribution in [2.45, 2.75) is 19.0 Å². The first-order valence-electron chi connectivity index (χ1n) is 8.36. The standard InChI is InChI=1S/C20H17N3O3/c24-18(22-13-15-8-5-11-26-15)12-17-19-16(9-4-10-21-19)20(25)23(17)14-6-2-1-3-7-14/h1-11,17H,12-13H2,(H,22,24)/t17-/m1/s1. The van der Waals surface area contributed by atoms with Crippen LogP contribution < -0.4 is 10.2 Å². The number of furan rings is 1. The van der Waals surface area contributed by atoms with E-state index in [0.717, 1.165) is 5.69 Å². The first-order chi connectivity index (χ1) is 12.7. The van der Waals surface area contributed by atoms with Crippen LogP contribution in [0.25, 0.3) is 0 Å². The summed E-state index contributed by atoms with van der Waals surface area (Å²) in [7, 11) is 0. The number of aromatic nitrogens is 1. The molecule has 0 saturated carbocycles. The maximum Gasteiger partial charge on any atom is 0.260 e. The van der Waals surface area contributed by atoms with Gasteiger partial charge in [0.25, 0.3) is 5.91 Å². The number of rotatable bonds is 5. The smallest absolute Gasteiger partial charge is 0.260 e. The number of benzene rings is 1. The molecule has 0 bridgehead atoms. The Labute approximate surface area is 150 Å². The van der Waals surface area contributed by atoms with Gasteiger partial charge in [-0.2, -0.15) is 0 Å². The normalized spacial score (nSPS) is 15.8. The number of hydrogen-bond donors (Lipinski definition) is 1. The van der Waals surface area contributed by atoms with E-state index in [1.54, 1.807) is 41.6 Å². The van der Waals surface area contributed by atoms with Crippen molar-refractivity contribution < 1.29 is 14.0 Å². The average molecular weight is 347 g/mol. The van der Waals surface area contributed by atoms with Crippen molar-refractivity contribution in [2.24, 2.45) is 0 Å². The Morgan fingerprint density at radius 3 is 2.73 bits per heavy atom. The fourth-order valence-electron chi connectivity index (χ4n) is 3.18. The summed E-state index contributed by atoms with van der Waals surface area (Å²) >= 11 is 0. The molecular weight excluding hydrogens is 330 g/mol. The summed E-state index contributed by atoms with van der Waals surface area (Å²) < 4.78 is 5.23. The lowest BCUT2D eigenvalue weighted by Crippen LogP contribution is -2.32. The number of para-hydroxylation sites is 1. The number of anilines is 1. The van der Waals surface area contributed by atoms with E-state index in [9.17, 15) is 9.59 Å². The van der Waals surface area contributed by atoms with Gasteiger partial charge in [0.1, 0.15) is 5.76 Å². The van der Waals surface area contributed by atoms with Crippen LogP contribution in [-0.4, -0.2) is 16.8 Å². The molecule has 130 valence electrons. The van der Waals surface area contributed by atoms with Gasteiger partial charge in [0.2, 0.25) is 5.91 Å². The third kappa shape index (κ3) is 2.97. The maximum atomic E-state index is 12.9. The van der Waals surface area contributed by atoms with Crippen molar-refractivity contribution in [1.29, 1.82) is 0 Å². The molecule has 1 aliphatic heterocycles. The quantitative estimate of drug-likeness (QED) is 0.769. The van der Waals surface area contributed by atoms with Gasteiger partial charge >= 0.3 is 0 Å². The molecule has 26 heavy (non-hydrogen) atoms. The summed E-state index contributed by atoms with van der Waals surface area (Å²) in [6, 6.07) is 16.0. The van der Waals surface area contributed by atoms with Gasteiger partial charge in [-0.15, -0.1) is 0 Å². The van der Waals surface area contributed by atoms with Gasteiger partial charge in [-0.05, 0) is 36.4 Å². The van der Waals surface area contributed by atoms with Crippen molar-refractivity contribution in [3.8, 4) is 0 Å². The summed E-state index contributed by atoms with van der Waals surface area (Å²) in [5.74, 6) is 0.376. The van der Waals surface area contributed by atoms with Crippen molar-refractivity contribution in [1.82, 2.24) is 10.3 Å². The molecule has 2 aromatic heterocycles. The van der Waals surface area contributed by atoms with E-state index in [1.807, 2.05) is 30.3 Å². The number of pyridine rings is 1. The van der Waals surface area contributed by atoms with E-state index in [2.05, 4.69) is 10.3 Å². The Morgan fingerprint density at radius 2 is 1.96 bits per heavy atom. The molecule has 0 aliphatic carbocycles. The zero-order chi connectivity index (χ0) is 17.9. The van der Waals surface area contributed by atoms with Crippen molar-refractivity contribution >= 4 is 17.5 Å². The summed E-state index contributed by atoms with van der Waals surface area (Å²) in [6.45, 7) is 0.312. The van der Waals surface area contributed by atoms with Crippen molar-refractivity contribution in [3.05, 3.63) is 84.1 Å². The molecule has 4 rings (SSSR count). The zero-order valence-electron chi connectivity index (χ0n) is 14.0. The molecule has 6 nitrogen and oxygen atoms in total. The highest BCUT2D eigenvalue weighted by Gasteiger charge is 2.39. The Balaban J connectivity index is 1.58. The van der Waals surface area contributed by atoms with Crippen LogP contribution in [0, 0.1) is 0 Å². The van der Waals surface area contributed by atoms with Gasteiger partial charge in [-0.25, -0.2) is 0 Å². The first kappa shape index (κ1) is 16.1. The number of nitrogens with zero attached hydrogens (tertiary/aromatic N) is 2. The Bertz CT molecular complexity index is 922. The zero-order valence-corrected chi connectivity index (χ0v) is 14.0. The molecule has 1 aliphatic rings. The van der Waals surface area contributed by atoms with Gasteiger partial charge in [-0.1, -0.05) is 18.2 Å². The van der Waals surface area contributed by atoms with Crippen LogP contribution in [0.4, 0.5) is 5.69 Å². The molecular formula is C20H17N3O3. The van der Waals surface area contributed by atoms with Gasteiger partial charge < -0.3 is 9.73 Å². The summed E-state index contributed by atoms with van der Waals surface area (Å²) in [5.41, 5.74) is 1.93. The largest absolute Gasteiger partial charge is 0.467 e. The minimum absolute atomic E-state index is 0.130. The minimum atomic E-state index is -0.433. The van der Waals surface area contributed by atoms with Crippen molar-refractivity contribution in [2.75, 3.05) is 4.90 Å². The molecule has 1 N–H and O–H groups in total. The highest BCUT2D eigenvalue weighted by Crippen LogP contribution is 2.38. The average Bonchev–Trinajstić information content (AvgIpc) is 3.28. The van der Waals surface area contributed by atoms with Crippen molar-refractivity contribution in [3.63, 3.8) is 0 Å². The molecule has 0 spiro atoms. The highest BCUT2D eigenvalue weighted by molar-refractivity contribution is 6.11. The Kier molecular flexibility index (Phi) is 4.23. The minimum Gasteiger partial charge on any atom is -0.467 e. The predicted molar refractivity (Wildman–Crippen MR) is 95.4 cm³/mol. The van der Waals surface area contributed by atoms with Crippen LogP contribution >= 0.6 is 0 Å². The second-order valence-electron chi connectivity index (χ2n) is 6.02. The molecule has 0 radical (unpaired) electrons. The molecule has 0 unspecified atom stereocenters. The lowest BCUT2D eigenvalue weighted by atomic mass is 10.1. The van der Waals surface area contributed by atoms with Gasteiger partial charge in [-0.3, -0.25) is 19.5 Å². The van der Waals surface area contributed by atoms with Crippen LogP contribution in [0.2, 0.25) is 0 Å².